The zero-order valence-electron chi connectivity index (χ0n) is 13.1. The van der Waals surface area contributed by atoms with Crippen LogP contribution in [0, 0.1) is 5.92 Å². The largest absolute Gasteiger partial charge is 0.357 e. The third kappa shape index (κ3) is 4.22. The summed E-state index contributed by atoms with van der Waals surface area (Å²) in [5.41, 5.74) is 0. The van der Waals surface area contributed by atoms with Gasteiger partial charge in [0, 0.05) is 34.2 Å². The van der Waals surface area contributed by atoms with Gasteiger partial charge in [-0.3, -0.25) is 0 Å². The Kier molecular flexibility index (Phi) is 5.32. The van der Waals surface area contributed by atoms with E-state index in [1.807, 2.05) is 33.1 Å². The number of nitrogens with one attached hydrogen (secondary N) is 1. The van der Waals surface area contributed by atoms with Gasteiger partial charge in [0.2, 0.25) is 17.8 Å². The van der Waals surface area contributed by atoms with Gasteiger partial charge >= 0.3 is 0 Å². The quantitative estimate of drug-likeness (QED) is 0.848. The molecule has 0 saturated heterocycles. The maximum Gasteiger partial charge on any atom is 0.231 e. The highest BCUT2D eigenvalue weighted by atomic mass is 15.3. The molecule has 1 aromatic heterocycles. The number of anilines is 3. The van der Waals surface area contributed by atoms with E-state index < -0.39 is 0 Å². The van der Waals surface area contributed by atoms with Gasteiger partial charge in [0.1, 0.15) is 0 Å². The van der Waals surface area contributed by atoms with Gasteiger partial charge in [0.25, 0.3) is 0 Å². The molecule has 0 fully saturated rings. The molecule has 0 saturated carbocycles. The van der Waals surface area contributed by atoms with Crippen LogP contribution in [0.2, 0.25) is 0 Å². The van der Waals surface area contributed by atoms with Crippen molar-refractivity contribution >= 4 is 17.8 Å². The molecular weight excluding hydrogens is 240 g/mol. The van der Waals surface area contributed by atoms with Crippen molar-refractivity contribution in [3.8, 4) is 0 Å². The van der Waals surface area contributed by atoms with Crippen LogP contribution in [0.1, 0.15) is 27.2 Å². The molecule has 0 aliphatic carbocycles. The SMILES string of the molecule is CNc1nc(N(C)C)nc(N(C)C(C)CC(C)C)n1. The van der Waals surface area contributed by atoms with E-state index in [0.29, 0.717) is 29.8 Å². The van der Waals surface area contributed by atoms with E-state index in [9.17, 15) is 0 Å². The van der Waals surface area contributed by atoms with E-state index >= 15 is 0 Å². The Morgan fingerprint density at radius 1 is 1.00 bits per heavy atom. The van der Waals surface area contributed by atoms with Crippen LogP contribution in [-0.4, -0.2) is 49.2 Å². The van der Waals surface area contributed by atoms with E-state index in [1.54, 1.807) is 0 Å². The summed E-state index contributed by atoms with van der Waals surface area (Å²) in [5, 5.41) is 2.98. The van der Waals surface area contributed by atoms with Crippen LogP contribution in [0.25, 0.3) is 0 Å². The molecule has 6 heteroatoms. The van der Waals surface area contributed by atoms with Crippen LogP contribution in [-0.2, 0) is 0 Å². The number of aromatic nitrogens is 3. The molecule has 0 amide bonds. The summed E-state index contributed by atoms with van der Waals surface area (Å²) in [6, 6.07) is 0.391. The lowest BCUT2D eigenvalue weighted by atomic mass is 10.0. The van der Waals surface area contributed by atoms with Crippen molar-refractivity contribution in [1.82, 2.24) is 15.0 Å². The van der Waals surface area contributed by atoms with Gasteiger partial charge in [-0.15, -0.1) is 0 Å². The Bertz CT molecular complexity index is 404. The third-order valence-corrected chi connectivity index (χ3v) is 3.02. The molecular formula is C13H26N6. The van der Waals surface area contributed by atoms with Crippen LogP contribution < -0.4 is 15.1 Å². The van der Waals surface area contributed by atoms with Gasteiger partial charge in [-0.05, 0) is 19.3 Å². The number of nitrogens with zero attached hydrogens (tertiary/aromatic N) is 5. The van der Waals surface area contributed by atoms with Crippen molar-refractivity contribution in [3.05, 3.63) is 0 Å². The maximum absolute atomic E-state index is 4.50. The smallest absolute Gasteiger partial charge is 0.231 e. The second-order valence-electron chi connectivity index (χ2n) is 5.49. The van der Waals surface area contributed by atoms with Crippen molar-refractivity contribution in [1.29, 1.82) is 0 Å². The van der Waals surface area contributed by atoms with Gasteiger partial charge in [0.15, 0.2) is 0 Å². The third-order valence-electron chi connectivity index (χ3n) is 3.02. The lowest BCUT2D eigenvalue weighted by Gasteiger charge is -2.27. The van der Waals surface area contributed by atoms with Gasteiger partial charge in [-0.2, -0.15) is 15.0 Å². The van der Waals surface area contributed by atoms with E-state index in [-0.39, 0.29) is 0 Å². The lowest BCUT2D eigenvalue weighted by Crippen LogP contribution is -2.32. The van der Waals surface area contributed by atoms with E-state index in [2.05, 4.69) is 45.9 Å². The average molecular weight is 266 g/mol. The molecule has 0 aliphatic rings. The molecule has 0 radical (unpaired) electrons. The van der Waals surface area contributed by atoms with Crippen molar-refractivity contribution in [2.24, 2.45) is 5.92 Å². The molecule has 19 heavy (non-hydrogen) atoms. The predicted molar refractivity (Wildman–Crippen MR) is 81.0 cm³/mol. The van der Waals surface area contributed by atoms with E-state index in [4.69, 9.17) is 0 Å². The fraction of sp³-hybridized carbons (Fsp3) is 0.769. The molecule has 6 nitrogen and oxygen atoms in total. The molecule has 1 unspecified atom stereocenters. The summed E-state index contributed by atoms with van der Waals surface area (Å²) >= 11 is 0. The summed E-state index contributed by atoms with van der Waals surface area (Å²) < 4.78 is 0. The summed E-state index contributed by atoms with van der Waals surface area (Å²) in [5.74, 6) is 2.61. The number of rotatable bonds is 6. The van der Waals surface area contributed by atoms with Crippen molar-refractivity contribution in [3.63, 3.8) is 0 Å². The number of hydrogen-bond donors (Lipinski definition) is 1. The van der Waals surface area contributed by atoms with Crippen LogP contribution >= 0.6 is 0 Å². The first-order valence-corrected chi connectivity index (χ1v) is 6.69. The average Bonchev–Trinajstić information content (AvgIpc) is 2.36. The van der Waals surface area contributed by atoms with Crippen molar-refractivity contribution in [2.45, 2.75) is 33.2 Å². The highest BCUT2D eigenvalue weighted by Crippen LogP contribution is 2.18. The molecule has 1 rings (SSSR count). The van der Waals surface area contributed by atoms with Crippen LogP contribution in [0.4, 0.5) is 17.8 Å². The number of hydrogen-bond acceptors (Lipinski definition) is 6. The zero-order chi connectivity index (χ0) is 14.6. The summed E-state index contributed by atoms with van der Waals surface area (Å²) in [6.45, 7) is 6.64. The Labute approximate surface area is 116 Å². The van der Waals surface area contributed by atoms with Gasteiger partial charge in [-0.25, -0.2) is 0 Å². The van der Waals surface area contributed by atoms with Crippen molar-refractivity contribution in [2.75, 3.05) is 43.3 Å². The van der Waals surface area contributed by atoms with Crippen LogP contribution in [0.15, 0.2) is 0 Å². The second kappa shape index (κ2) is 6.54. The Balaban J connectivity index is 3.01. The predicted octanol–water partition coefficient (Wildman–Crippen LogP) is 1.85. The Morgan fingerprint density at radius 2 is 1.58 bits per heavy atom. The highest BCUT2D eigenvalue weighted by Gasteiger charge is 2.16. The minimum Gasteiger partial charge on any atom is -0.357 e. The fourth-order valence-electron chi connectivity index (χ4n) is 1.86. The normalized spacial score (nSPS) is 12.4. The minimum atomic E-state index is 0.391. The second-order valence-corrected chi connectivity index (χ2v) is 5.49. The highest BCUT2D eigenvalue weighted by molar-refractivity contribution is 5.44. The first-order chi connectivity index (χ1) is 8.85. The molecule has 0 aromatic carbocycles. The Hall–Kier alpha value is -1.59. The maximum atomic E-state index is 4.50. The van der Waals surface area contributed by atoms with E-state index in [1.165, 1.54) is 0 Å². The van der Waals surface area contributed by atoms with Gasteiger partial charge in [-0.1, -0.05) is 13.8 Å². The zero-order valence-corrected chi connectivity index (χ0v) is 13.1. The van der Waals surface area contributed by atoms with Crippen LogP contribution in [0.5, 0.6) is 0 Å². The van der Waals surface area contributed by atoms with E-state index in [0.717, 1.165) is 6.42 Å². The summed E-state index contributed by atoms with van der Waals surface area (Å²) in [4.78, 5) is 17.2. The molecule has 1 atom stereocenters. The molecule has 108 valence electrons. The first-order valence-electron chi connectivity index (χ1n) is 6.69. The fourth-order valence-corrected chi connectivity index (χ4v) is 1.86. The topological polar surface area (TPSA) is 57.2 Å². The summed E-state index contributed by atoms with van der Waals surface area (Å²) in [6.07, 6.45) is 1.11. The molecule has 1 aromatic rings. The standard InChI is InChI=1S/C13H26N6/c1-9(2)8-10(3)19(7)13-16-11(14-4)15-12(17-13)18(5)6/h9-10H,8H2,1-7H3,(H,14,15,16,17). The van der Waals surface area contributed by atoms with Gasteiger partial charge < -0.3 is 15.1 Å². The Morgan fingerprint density at radius 3 is 2.05 bits per heavy atom. The molecule has 0 spiro atoms. The monoisotopic (exact) mass is 266 g/mol. The van der Waals surface area contributed by atoms with Gasteiger partial charge in [0.05, 0.1) is 0 Å². The van der Waals surface area contributed by atoms with Crippen molar-refractivity contribution < 1.29 is 0 Å². The molecule has 1 heterocycles. The van der Waals surface area contributed by atoms with Crippen LogP contribution in [0.3, 0.4) is 0 Å². The molecule has 1 N–H and O–H groups in total. The minimum absolute atomic E-state index is 0.391. The summed E-state index contributed by atoms with van der Waals surface area (Å²) in [7, 11) is 7.70. The molecule has 0 aliphatic heterocycles. The lowest BCUT2D eigenvalue weighted by molar-refractivity contribution is 0.499. The molecule has 0 bridgehead atoms. The first kappa shape index (κ1) is 15.5.